The molecule has 0 radical (unpaired) electrons. The molecule has 1 aliphatic rings. The molecule has 2 amide bonds. The molecule has 0 aromatic rings. The van der Waals surface area contributed by atoms with Crippen molar-refractivity contribution in [2.45, 2.75) is 32.9 Å². The van der Waals surface area contributed by atoms with Crippen molar-refractivity contribution in [1.29, 1.82) is 0 Å². The van der Waals surface area contributed by atoms with Crippen LogP contribution in [0.15, 0.2) is 0 Å². The Bertz CT molecular complexity index is 203. The number of nitrogens with zero attached hydrogens (tertiary/aromatic N) is 1. The monoisotopic (exact) mass is 185 g/mol. The Labute approximate surface area is 79.5 Å². The van der Waals surface area contributed by atoms with Crippen molar-refractivity contribution in [3.63, 3.8) is 0 Å². The summed E-state index contributed by atoms with van der Waals surface area (Å²) in [6.45, 7) is 5.33. The van der Waals surface area contributed by atoms with Gasteiger partial charge in [0.2, 0.25) is 0 Å². The predicted octanol–water partition coefficient (Wildman–Crippen LogP) is 0.733. The first-order valence-electron chi connectivity index (χ1n) is 4.70. The number of primary amides is 1. The molecule has 4 nitrogen and oxygen atoms in total. The first-order chi connectivity index (χ1) is 5.93. The van der Waals surface area contributed by atoms with Crippen molar-refractivity contribution in [3.8, 4) is 0 Å². The fourth-order valence-electron chi connectivity index (χ4n) is 2.09. The van der Waals surface area contributed by atoms with E-state index in [-0.39, 0.29) is 11.6 Å². The number of likely N-dealkylation sites (tertiary alicyclic amines) is 1. The first kappa shape index (κ1) is 10.3. The summed E-state index contributed by atoms with van der Waals surface area (Å²) in [5, 5.41) is 2.79. The molecule has 76 valence electrons. The van der Waals surface area contributed by atoms with Crippen molar-refractivity contribution in [2.75, 3.05) is 13.6 Å². The zero-order valence-electron chi connectivity index (χ0n) is 8.63. The summed E-state index contributed by atoms with van der Waals surface area (Å²) in [4.78, 5) is 12.9. The van der Waals surface area contributed by atoms with Gasteiger partial charge in [-0.05, 0) is 31.8 Å². The molecule has 0 unspecified atom stereocenters. The number of carbonyl (C=O) groups excluding carboxylic acids is 1. The number of nitrogens with two attached hydrogens (primary N) is 1. The second-order valence-corrected chi connectivity index (χ2v) is 4.48. The van der Waals surface area contributed by atoms with Gasteiger partial charge in [0, 0.05) is 0 Å². The molecule has 0 aromatic carbocycles. The van der Waals surface area contributed by atoms with Crippen molar-refractivity contribution in [2.24, 2.45) is 11.1 Å². The third-order valence-corrected chi connectivity index (χ3v) is 2.79. The van der Waals surface area contributed by atoms with E-state index in [2.05, 4.69) is 24.1 Å². The molecule has 0 aliphatic carbocycles. The van der Waals surface area contributed by atoms with Crippen LogP contribution < -0.4 is 11.1 Å². The maximum Gasteiger partial charge on any atom is 0.313 e. The van der Waals surface area contributed by atoms with Gasteiger partial charge >= 0.3 is 6.03 Å². The number of piperidine rings is 1. The average Bonchev–Trinajstić information content (AvgIpc) is 1.96. The van der Waals surface area contributed by atoms with Crippen LogP contribution in [0.4, 0.5) is 4.79 Å². The van der Waals surface area contributed by atoms with Crippen molar-refractivity contribution >= 4 is 6.03 Å². The van der Waals surface area contributed by atoms with E-state index in [1.54, 1.807) is 0 Å². The van der Waals surface area contributed by atoms with E-state index in [1.165, 1.54) is 6.42 Å². The van der Waals surface area contributed by atoms with Gasteiger partial charge in [0.05, 0.1) is 6.17 Å². The van der Waals surface area contributed by atoms with Gasteiger partial charge in [0.15, 0.2) is 0 Å². The van der Waals surface area contributed by atoms with Crippen LogP contribution in [0, 0.1) is 5.41 Å². The van der Waals surface area contributed by atoms with Gasteiger partial charge in [-0.3, -0.25) is 4.90 Å². The van der Waals surface area contributed by atoms with Crippen molar-refractivity contribution < 1.29 is 4.79 Å². The van der Waals surface area contributed by atoms with E-state index in [4.69, 9.17) is 5.73 Å². The zero-order valence-corrected chi connectivity index (χ0v) is 8.63. The molecule has 1 heterocycles. The van der Waals surface area contributed by atoms with E-state index < -0.39 is 6.03 Å². The highest BCUT2D eigenvalue weighted by atomic mass is 16.2. The number of rotatable bonds is 1. The maximum absolute atomic E-state index is 10.8. The third kappa shape index (κ3) is 2.34. The fourth-order valence-corrected chi connectivity index (χ4v) is 2.09. The molecule has 0 aromatic heterocycles. The number of carbonyl (C=O) groups is 1. The number of hydrogen-bond acceptors (Lipinski definition) is 2. The van der Waals surface area contributed by atoms with Crippen LogP contribution in [0.25, 0.3) is 0 Å². The average molecular weight is 185 g/mol. The maximum atomic E-state index is 10.8. The van der Waals surface area contributed by atoms with Crippen LogP contribution in [0.2, 0.25) is 0 Å². The van der Waals surface area contributed by atoms with Crippen molar-refractivity contribution in [1.82, 2.24) is 10.2 Å². The molecule has 4 heteroatoms. The third-order valence-electron chi connectivity index (χ3n) is 2.79. The standard InChI is InChI=1S/C9H19N3O/c1-9(2)5-4-6-12(3)7(9)11-8(10)13/h7H,4-6H2,1-3H3,(H3,10,11,13)/t7-/m1/s1. The predicted molar refractivity (Wildman–Crippen MR) is 52.2 cm³/mol. The van der Waals surface area contributed by atoms with Gasteiger partial charge < -0.3 is 11.1 Å². The lowest BCUT2D eigenvalue weighted by Crippen LogP contribution is -2.58. The van der Waals surface area contributed by atoms with Crippen LogP contribution in [0.3, 0.4) is 0 Å². The van der Waals surface area contributed by atoms with E-state index in [9.17, 15) is 4.79 Å². The van der Waals surface area contributed by atoms with Gasteiger partial charge in [-0.25, -0.2) is 4.79 Å². The molecule has 1 fully saturated rings. The number of hydrogen-bond donors (Lipinski definition) is 2. The minimum atomic E-state index is -0.438. The van der Waals surface area contributed by atoms with Crippen LogP contribution in [-0.2, 0) is 0 Å². The van der Waals surface area contributed by atoms with Crippen LogP contribution in [0.5, 0.6) is 0 Å². The molecular weight excluding hydrogens is 166 g/mol. The van der Waals surface area contributed by atoms with E-state index in [0.717, 1.165) is 13.0 Å². The van der Waals surface area contributed by atoms with Gasteiger partial charge in [-0.15, -0.1) is 0 Å². The second kappa shape index (κ2) is 3.54. The quantitative estimate of drug-likeness (QED) is 0.633. The lowest BCUT2D eigenvalue weighted by Gasteiger charge is -2.44. The highest BCUT2D eigenvalue weighted by Crippen LogP contribution is 2.32. The Balaban J connectivity index is 2.68. The highest BCUT2D eigenvalue weighted by Gasteiger charge is 2.36. The van der Waals surface area contributed by atoms with E-state index in [1.807, 2.05) is 7.05 Å². The number of nitrogens with one attached hydrogen (secondary N) is 1. The van der Waals surface area contributed by atoms with E-state index in [0.29, 0.717) is 0 Å². The normalized spacial score (nSPS) is 28.4. The molecular formula is C9H19N3O. The number of urea groups is 1. The smallest absolute Gasteiger partial charge is 0.313 e. The molecule has 0 saturated carbocycles. The zero-order chi connectivity index (χ0) is 10.1. The van der Waals surface area contributed by atoms with Gasteiger partial charge in [-0.2, -0.15) is 0 Å². The molecule has 0 spiro atoms. The summed E-state index contributed by atoms with van der Waals surface area (Å²) in [5.74, 6) is 0. The minimum absolute atomic E-state index is 0.0683. The Morgan fingerprint density at radius 2 is 2.23 bits per heavy atom. The summed E-state index contributed by atoms with van der Waals surface area (Å²) in [6.07, 6.45) is 2.38. The topological polar surface area (TPSA) is 58.4 Å². The van der Waals surface area contributed by atoms with Gasteiger partial charge in [-0.1, -0.05) is 13.8 Å². The largest absolute Gasteiger partial charge is 0.352 e. The summed E-state index contributed by atoms with van der Waals surface area (Å²) in [6, 6.07) is -0.438. The van der Waals surface area contributed by atoms with E-state index >= 15 is 0 Å². The molecule has 1 atom stereocenters. The lowest BCUT2D eigenvalue weighted by molar-refractivity contribution is 0.0427. The molecule has 3 N–H and O–H groups in total. The van der Waals surface area contributed by atoms with Crippen LogP contribution in [0.1, 0.15) is 26.7 Å². The summed E-state index contributed by atoms with van der Waals surface area (Å²) >= 11 is 0. The molecule has 1 rings (SSSR count). The first-order valence-corrected chi connectivity index (χ1v) is 4.70. The summed E-state index contributed by atoms with van der Waals surface area (Å²) in [5.41, 5.74) is 5.24. The second-order valence-electron chi connectivity index (χ2n) is 4.48. The summed E-state index contributed by atoms with van der Waals surface area (Å²) < 4.78 is 0. The Kier molecular flexibility index (Phi) is 2.81. The molecule has 13 heavy (non-hydrogen) atoms. The van der Waals surface area contributed by atoms with Crippen molar-refractivity contribution in [3.05, 3.63) is 0 Å². The Hall–Kier alpha value is -0.770. The highest BCUT2D eigenvalue weighted by molar-refractivity contribution is 5.72. The number of amides is 2. The summed E-state index contributed by atoms with van der Waals surface area (Å²) in [7, 11) is 2.02. The fraction of sp³-hybridized carbons (Fsp3) is 0.889. The molecule has 1 saturated heterocycles. The minimum Gasteiger partial charge on any atom is -0.352 e. The Morgan fingerprint density at radius 1 is 1.62 bits per heavy atom. The molecule has 1 aliphatic heterocycles. The lowest BCUT2D eigenvalue weighted by atomic mass is 9.81. The van der Waals surface area contributed by atoms with Crippen LogP contribution >= 0.6 is 0 Å². The SMILES string of the molecule is CN1CCCC(C)(C)[C@@H]1NC(N)=O. The van der Waals surface area contributed by atoms with Crippen LogP contribution in [-0.4, -0.2) is 30.7 Å². The Morgan fingerprint density at radius 3 is 2.69 bits per heavy atom. The molecule has 0 bridgehead atoms. The van der Waals surface area contributed by atoms with Gasteiger partial charge in [0.25, 0.3) is 0 Å². The van der Waals surface area contributed by atoms with Gasteiger partial charge in [0.1, 0.15) is 0 Å².